The second kappa shape index (κ2) is 6.44. The number of aliphatic hydroxyl groups excluding tert-OH is 3. The molecule has 1 fully saturated rings. The number of ether oxygens (including phenoxy) is 2. The maximum atomic E-state index is 10.6. The Hall–Kier alpha value is -0.730. The van der Waals surface area contributed by atoms with Gasteiger partial charge in [0.05, 0.1) is 18.6 Å². The van der Waals surface area contributed by atoms with E-state index in [1.165, 1.54) is 6.92 Å². The topological polar surface area (TPSA) is 116 Å². The van der Waals surface area contributed by atoms with Gasteiger partial charge in [-0.2, -0.15) is 0 Å². The first kappa shape index (κ1) is 15.3. The summed E-state index contributed by atoms with van der Waals surface area (Å²) in [5.74, 6) is -1.01. The molecule has 7 nitrogen and oxygen atoms in total. The van der Waals surface area contributed by atoms with Gasteiger partial charge >= 0.3 is 5.97 Å². The summed E-state index contributed by atoms with van der Waals surface area (Å²) in [5, 5.41) is 37.4. The number of aliphatic hydroxyl groups is 3. The monoisotopic (exact) mass is 264 g/mol. The van der Waals surface area contributed by atoms with Crippen molar-refractivity contribution < 1.29 is 34.7 Å². The number of carbonyl (C=O) groups is 1. The van der Waals surface area contributed by atoms with Crippen LogP contribution in [0.2, 0.25) is 0 Å². The second-order valence-corrected chi connectivity index (χ2v) is 4.45. The van der Waals surface area contributed by atoms with Gasteiger partial charge in [0, 0.05) is 0 Å². The molecule has 1 saturated heterocycles. The highest BCUT2D eigenvalue weighted by atomic mass is 16.7. The molecule has 0 bridgehead atoms. The SMILES string of the molecule is CCC(CC(=O)O)O[C@@H]1OC(C)[C@H](O)[C@H](O)C1O. The van der Waals surface area contributed by atoms with Crippen molar-refractivity contribution in [3.05, 3.63) is 0 Å². The molecular weight excluding hydrogens is 244 g/mol. The first-order chi connectivity index (χ1) is 8.36. The fourth-order valence-electron chi connectivity index (χ4n) is 1.80. The molecule has 1 rings (SSSR count). The molecule has 0 aromatic heterocycles. The fourth-order valence-corrected chi connectivity index (χ4v) is 1.80. The Labute approximate surface area is 105 Å². The number of hydrogen-bond acceptors (Lipinski definition) is 6. The Morgan fingerprint density at radius 1 is 1.28 bits per heavy atom. The van der Waals surface area contributed by atoms with E-state index in [9.17, 15) is 20.1 Å². The summed E-state index contributed by atoms with van der Waals surface area (Å²) >= 11 is 0. The number of carboxylic acids is 1. The zero-order valence-corrected chi connectivity index (χ0v) is 10.4. The molecule has 0 radical (unpaired) electrons. The van der Waals surface area contributed by atoms with Crippen molar-refractivity contribution in [1.29, 1.82) is 0 Å². The van der Waals surface area contributed by atoms with Crippen LogP contribution in [0.3, 0.4) is 0 Å². The first-order valence-electron chi connectivity index (χ1n) is 5.93. The molecule has 0 aromatic rings. The highest BCUT2D eigenvalue weighted by Gasteiger charge is 2.43. The molecule has 0 amide bonds. The van der Waals surface area contributed by atoms with Crippen molar-refractivity contribution in [2.45, 2.75) is 63.5 Å². The van der Waals surface area contributed by atoms with Crippen LogP contribution in [0.4, 0.5) is 0 Å². The van der Waals surface area contributed by atoms with Crippen LogP contribution in [0.25, 0.3) is 0 Å². The van der Waals surface area contributed by atoms with E-state index in [0.717, 1.165) is 0 Å². The minimum atomic E-state index is -1.40. The minimum Gasteiger partial charge on any atom is -0.481 e. The average molecular weight is 264 g/mol. The molecule has 3 unspecified atom stereocenters. The van der Waals surface area contributed by atoms with Crippen LogP contribution in [-0.2, 0) is 14.3 Å². The van der Waals surface area contributed by atoms with Crippen molar-refractivity contribution in [2.75, 3.05) is 0 Å². The number of hydrogen-bond donors (Lipinski definition) is 4. The lowest BCUT2D eigenvalue weighted by Crippen LogP contribution is -2.58. The normalized spacial score (nSPS) is 38.4. The summed E-state index contributed by atoms with van der Waals surface area (Å²) in [6.07, 6.45) is -6.20. The lowest BCUT2D eigenvalue weighted by atomic mass is 10.00. The molecule has 0 spiro atoms. The van der Waals surface area contributed by atoms with Gasteiger partial charge in [0.25, 0.3) is 0 Å². The average Bonchev–Trinajstić information content (AvgIpc) is 2.31. The lowest BCUT2D eigenvalue weighted by molar-refractivity contribution is -0.304. The summed E-state index contributed by atoms with van der Waals surface area (Å²) in [6, 6.07) is 0. The molecule has 0 aliphatic carbocycles. The third-order valence-corrected chi connectivity index (χ3v) is 2.99. The van der Waals surface area contributed by atoms with Crippen LogP contribution in [0.1, 0.15) is 26.7 Å². The lowest BCUT2D eigenvalue weighted by Gasteiger charge is -2.40. The highest BCUT2D eigenvalue weighted by molar-refractivity contribution is 5.67. The number of rotatable bonds is 5. The number of carboxylic acid groups (broad SMARTS) is 1. The smallest absolute Gasteiger partial charge is 0.305 e. The van der Waals surface area contributed by atoms with E-state index in [1.807, 2.05) is 0 Å². The zero-order chi connectivity index (χ0) is 13.9. The van der Waals surface area contributed by atoms with Gasteiger partial charge in [-0.25, -0.2) is 0 Å². The Kier molecular flexibility index (Phi) is 5.48. The largest absolute Gasteiger partial charge is 0.481 e. The predicted molar refractivity (Wildman–Crippen MR) is 59.8 cm³/mol. The molecule has 0 aromatic carbocycles. The maximum Gasteiger partial charge on any atom is 0.305 e. The van der Waals surface area contributed by atoms with E-state index in [0.29, 0.717) is 6.42 Å². The fraction of sp³-hybridized carbons (Fsp3) is 0.909. The van der Waals surface area contributed by atoms with Gasteiger partial charge in [-0.1, -0.05) is 6.92 Å². The minimum absolute atomic E-state index is 0.212. The van der Waals surface area contributed by atoms with E-state index in [-0.39, 0.29) is 6.42 Å². The quantitative estimate of drug-likeness (QED) is 0.507. The van der Waals surface area contributed by atoms with Crippen LogP contribution in [0.15, 0.2) is 0 Å². The first-order valence-corrected chi connectivity index (χ1v) is 5.93. The third kappa shape index (κ3) is 3.63. The second-order valence-electron chi connectivity index (χ2n) is 4.45. The maximum absolute atomic E-state index is 10.6. The molecule has 1 aliphatic rings. The van der Waals surface area contributed by atoms with Crippen molar-refractivity contribution in [2.24, 2.45) is 0 Å². The third-order valence-electron chi connectivity index (χ3n) is 2.99. The molecule has 1 aliphatic heterocycles. The van der Waals surface area contributed by atoms with E-state index in [4.69, 9.17) is 14.6 Å². The van der Waals surface area contributed by atoms with Crippen LogP contribution < -0.4 is 0 Å². The van der Waals surface area contributed by atoms with Crippen molar-refractivity contribution in [3.63, 3.8) is 0 Å². The molecule has 106 valence electrons. The van der Waals surface area contributed by atoms with Gasteiger partial charge in [-0.15, -0.1) is 0 Å². The summed E-state index contributed by atoms with van der Waals surface area (Å²) in [4.78, 5) is 10.6. The zero-order valence-electron chi connectivity index (χ0n) is 10.4. The molecule has 18 heavy (non-hydrogen) atoms. The van der Waals surface area contributed by atoms with E-state index in [2.05, 4.69) is 0 Å². The van der Waals surface area contributed by atoms with Crippen LogP contribution in [0.5, 0.6) is 0 Å². The Morgan fingerprint density at radius 2 is 1.89 bits per heavy atom. The van der Waals surface area contributed by atoms with Gasteiger partial charge in [0.1, 0.15) is 18.3 Å². The summed E-state index contributed by atoms with van der Waals surface area (Å²) < 4.78 is 10.5. The van der Waals surface area contributed by atoms with Crippen LogP contribution >= 0.6 is 0 Å². The van der Waals surface area contributed by atoms with Gasteiger partial charge in [-0.3, -0.25) is 4.79 Å². The Balaban J connectivity index is 2.62. The van der Waals surface area contributed by atoms with E-state index in [1.54, 1.807) is 6.92 Å². The Bertz CT molecular complexity index is 283. The van der Waals surface area contributed by atoms with Crippen LogP contribution in [-0.4, -0.2) is 63.2 Å². The molecule has 7 heteroatoms. The molecule has 6 atom stereocenters. The summed E-state index contributed by atoms with van der Waals surface area (Å²) in [5.41, 5.74) is 0. The summed E-state index contributed by atoms with van der Waals surface area (Å²) in [7, 11) is 0. The van der Waals surface area contributed by atoms with Gasteiger partial charge in [0.15, 0.2) is 6.29 Å². The van der Waals surface area contributed by atoms with Gasteiger partial charge < -0.3 is 29.9 Å². The highest BCUT2D eigenvalue weighted by Crippen LogP contribution is 2.23. The molecule has 4 N–H and O–H groups in total. The van der Waals surface area contributed by atoms with Crippen LogP contribution in [0, 0.1) is 0 Å². The molecular formula is C11H20O7. The van der Waals surface area contributed by atoms with Gasteiger partial charge in [0.2, 0.25) is 0 Å². The van der Waals surface area contributed by atoms with E-state index >= 15 is 0 Å². The summed E-state index contributed by atoms with van der Waals surface area (Å²) in [6.45, 7) is 3.28. The van der Waals surface area contributed by atoms with E-state index < -0.39 is 42.8 Å². The van der Waals surface area contributed by atoms with Gasteiger partial charge in [-0.05, 0) is 13.3 Å². The number of aliphatic carboxylic acids is 1. The molecule has 0 saturated carbocycles. The van der Waals surface area contributed by atoms with Crippen molar-refractivity contribution in [1.82, 2.24) is 0 Å². The van der Waals surface area contributed by atoms with Crippen molar-refractivity contribution in [3.8, 4) is 0 Å². The Morgan fingerprint density at radius 3 is 2.39 bits per heavy atom. The predicted octanol–water partition coefficient (Wildman–Crippen LogP) is -0.916. The molecule has 1 heterocycles. The van der Waals surface area contributed by atoms with Crippen molar-refractivity contribution >= 4 is 5.97 Å². The standard InChI is InChI=1S/C11H20O7/c1-3-6(4-7(12)13)18-11-10(16)9(15)8(14)5(2)17-11/h5-6,8-11,14-16H,3-4H2,1-2H3,(H,12,13)/t5?,6?,8-,9-,10?,11-/m0/s1.